The molecule has 2 aliphatic rings. The minimum atomic E-state index is -0.215. The van der Waals surface area contributed by atoms with Gasteiger partial charge in [0.25, 0.3) is 0 Å². The van der Waals surface area contributed by atoms with Crippen LogP contribution in [0, 0.1) is 0 Å². The quantitative estimate of drug-likeness (QED) is 0.850. The van der Waals surface area contributed by atoms with Gasteiger partial charge in [0.15, 0.2) is 0 Å². The van der Waals surface area contributed by atoms with Crippen LogP contribution in [0.1, 0.15) is 43.0 Å². The second-order valence-corrected chi connectivity index (χ2v) is 8.15. The second kappa shape index (κ2) is 7.87. The third-order valence-electron chi connectivity index (χ3n) is 5.86. The minimum absolute atomic E-state index is 0.173. The first kappa shape index (κ1) is 18.9. The van der Waals surface area contributed by atoms with Crippen LogP contribution >= 0.6 is 11.6 Å². The van der Waals surface area contributed by atoms with E-state index in [2.05, 4.69) is 34.3 Å². The Bertz CT molecular complexity index is 796. The summed E-state index contributed by atoms with van der Waals surface area (Å²) in [7, 11) is 0. The number of nitrogens with zero attached hydrogens (tertiary/aromatic N) is 4. The van der Waals surface area contributed by atoms with E-state index in [1.807, 2.05) is 16.9 Å². The molecular formula is C20H27ClN4O2. The number of aromatic nitrogens is 3. The van der Waals surface area contributed by atoms with Gasteiger partial charge in [0.05, 0.1) is 17.9 Å². The fourth-order valence-corrected chi connectivity index (χ4v) is 4.62. The van der Waals surface area contributed by atoms with Crippen LogP contribution in [0.4, 0.5) is 0 Å². The Morgan fingerprint density at radius 3 is 3.11 bits per heavy atom. The van der Waals surface area contributed by atoms with Crippen LogP contribution in [0.3, 0.4) is 0 Å². The second-order valence-electron chi connectivity index (χ2n) is 7.72. The van der Waals surface area contributed by atoms with Crippen molar-refractivity contribution in [3.63, 3.8) is 0 Å². The zero-order chi connectivity index (χ0) is 18.9. The van der Waals surface area contributed by atoms with Crippen molar-refractivity contribution in [3.05, 3.63) is 46.2 Å². The fraction of sp³-hybridized carbons (Fsp3) is 0.600. The standard InChI is InChI=1S/C20H27ClN4O2/c1-15-12-20(19-11-17(21)4-3-16(19)5-10-27-20)6-8-24(15)13-18-14-25(23-22-18)7-2-9-26/h3-4,11,14-15,26H,2,5-10,12-13H2,1H3/t15-,20+/m0/s1. The number of aliphatic hydroxyl groups excluding tert-OH is 1. The molecule has 1 saturated heterocycles. The first-order valence-electron chi connectivity index (χ1n) is 9.76. The van der Waals surface area contributed by atoms with Crippen molar-refractivity contribution in [2.24, 2.45) is 0 Å². The van der Waals surface area contributed by atoms with Gasteiger partial charge in [-0.15, -0.1) is 5.10 Å². The van der Waals surface area contributed by atoms with E-state index >= 15 is 0 Å². The molecule has 6 nitrogen and oxygen atoms in total. The van der Waals surface area contributed by atoms with E-state index in [9.17, 15) is 0 Å². The van der Waals surface area contributed by atoms with Gasteiger partial charge in [0.1, 0.15) is 0 Å². The molecule has 0 aliphatic carbocycles. The summed E-state index contributed by atoms with van der Waals surface area (Å²) in [6.45, 7) is 5.66. The minimum Gasteiger partial charge on any atom is -0.396 e. The summed E-state index contributed by atoms with van der Waals surface area (Å²) in [6.07, 6.45) is 5.56. The molecule has 27 heavy (non-hydrogen) atoms. The summed E-state index contributed by atoms with van der Waals surface area (Å²) in [5.41, 5.74) is 3.41. The third-order valence-corrected chi connectivity index (χ3v) is 6.10. The Hall–Kier alpha value is -1.47. The average Bonchev–Trinajstić information content (AvgIpc) is 3.11. The molecule has 0 bridgehead atoms. The monoisotopic (exact) mass is 390 g/mol. The van der Waals surface area contributed by atoms with Crippen LogP contribution in [-0.4, -0.2) is 50.8 Å². The molecule has 146 valence electrons. The van der Waals surface area contributed by atoms with Gasteiger partial charge in [-0.1, -0.05) is 22.9 Å². The van der Waals surface area contributed by atoms with Gasteiger partial charge in [-0.2, -0.15) is 0 Å². The Balaban J connectivity index is 1.46. The van der Waals surface area contributed by atoms with Gasteiger partial charge in [-0.05, 0) is 55.9 Å². The van der Waals surface area contributed by atoms with Crippen molar-refractivity contribution in [1.29, 1.82) is 0 Å². The van der Waals surface area contributed by atoms with Crippen LogP contribution in [-0.2, 0) is 29.8 Å². The molecule has 2 aliphatic heterocycles. The molecule has 0 unspecified atom stereocenters. The van der Waals surface area contributed by atoms with Gasteiger partial charge in [-0.3, -0.25) is 9.58 Å². The number of hydrogen-bond donors (Lipinski definition) is 1. The molecule has 2 atom stereocenters. The lowest BCUT2D eigenvalue weighted by Gasteiger charge is -2.48. The zero-order valence-electron chi connectivity index (χ0n) is 15.8. The maximum atomic E-state index is 8.95. The molecule has 1 N–H and O–H groups in total. The Kier molecular flexibility index (Phi) is 5.50. The lowest BCUT2D eigenvalue weighted by molar-refractivity contribution is -0.113. The van der Waals surface area contributed by atoms with E-state index in [0.29, 0.717) is 19.0 Å². The molecule has 3 heterocycles. The van der Waals surface area contributed by atoms with Crippen molar-refractivity contribution in [2.45, 2.75) is 57.3 Å². The largest absolute Gasteiger partial charge is 0.396 e. The van der Waals surface area contributed by atoms with Gasteiger partial charge in [-0.25, -0.2) is 0 Å². The zero-order valence-corrected chi connectivity index (χ0v) is 16.5. The summed E-state index contributed by atoms with van der Waals surface area (Å²) in [4.78, 5) is 2.45. The molecule has 0 saturated carbocycles. The molecule has 1 aromatic carbocycles. The Morgan fingerprint density at radius 1 is 1.41 bits per heavy atom. The van der Waals surface area contributed by atoms with Gasteiger partial charge in [0, 0.05) is 43.5 Å². The van der Waals surface area contributed by atoms with E-state index in [1.54, 1.807) is 0 Å². The highest BCUT2D eigenvalue weighted by atomic mass is 35.5. The van der Waals surface area contributed by atoms with Gasteiger partial charge >= 0.3 is 0 Å². The number of halogens is 1. The number of likely N-dealkylation sites (tertiary alicyclic amines) is 1. The summed E-state index contributed by atoms with van der Waals surface area (Å²) in [6, 6.07) is 6.62. The number of aliphatic hydroxyl groups is 1. The van der Waals surface area contributed by atoms with Crippen molar-refractivity contribution in [2.75, 3.05) is 19.8 Å². The van der Waals surface area contributed by atoms with Crippen molar-refractivity contribution >= 4 is 11.6 Å². The van der Waals surface area contributed by atoms with Crippen molar-refractivity contribution in [3.8, 4) is 0 Å². The number of aryl methyl sites for hydroxylation is 1. The maximum Gasteiger partial charge on any atom is 0.0967 e. The molecule has 4 rings (SSSR count). The molecular weight excluding hydrogens is 364 g/mol. The number of fused-ring (bicyclic) bond motifs is 2. The summed E-state index contributed by atoms with van der Waals surface area (Å²) >= 11 is 6.29. The van der Waals surface area contributed by atoms with E-state index in [-0.39, 0.29) is 12.2 Å². The molecule has 2 aromatic rings. The first-order valence-corrected chi connectivity index (χ1v) is 10.1. The fourth-order valence-electron chi connectivity index (χ4n) is 4.45. The normalized spacial score (nSPS) is 25.7. The van der Waals surface area contributed by atoms with Crippen LogP contribution < -0.4 is 0 Å². The first-order chi connectivity index (χ1) is 13.1. The lowest BCUT2D eigenvalue weighted by Crippen LogP contribution is -2.50. The summed E-state index contributed by atoms with van der Waals surface area (Å²) in [5, 5.41) is 18.2. The van der Waals surface area contributed by atoms with E-state index in [1.165, 1.54) is 11.1 Å². The van der Waals surface area contributed by atoms with Crippen LogP contribution in [0.25, 0.3) is 0 Å². The smallest absolute Gasteiger partial charge is 0.0967 e. The predicted octanol–water partition coefficient (Wildman–Crippen LogP) is 2.77. The number of benzene rings is 1. The average molecular weight is 391 g/mol. The van der Waals surface area contributed by atoms with E-state index < -0.39 is 0 Å². The van der Waals surface area contributed by atoms with Gasteiger partial charge in [0.2, 0.25) is 0 Å². The van der Waals surface area contributed by atoms with Crippen molar-refractivity contribution < 1.29 is 9.84 Å². The van der Waals surface area contributed by atoms with Crippen LogP contribution in [0.15, 0.2) is 24.4 Å². The summed E-state index contributed by atoms with van der Waals surface area (Å²) in [5.74, 6) is 0. The van der Waals surface area contributed by atoms with E-state index in [0.717, 1.165) is 49.7 Å². The van der Waals surface area contributed by atoms with Crippen LogP contribution in [0.2, 0.25) is 5.02 Å². The molecule has 0 radical (unpaired) electrons. The number of piperidine rings is 1. The molecule has 0 amide bonds. The number of hydrogen-bond acceptors (Lipinski definition) is 5. The predicted molar refractivity (Wildman–Crippen MR) is 104 cm³/mol. The molecule has 7 heteroatoms. The highest BCUT2D eigenvalue weighted by molar-refractivity contribution is 6.30. The Morgan fingerprint density at radius 2 is 2.30 bits per heavy atom. The Labute approximate surface area is 165 Å². The molecule has 1 aromatic heterocycles. The third kappa shape index (κ3) is 3.90. The lowest BCUT2D eigenvalue weighted by atomic mass is 9.77. The van der Waals surface area contributed by atoms with Gasteiger partial charge < -0.3 is 9.84 Å². The summed E-state index contributed by atoms with van der Waals surface area (Å²) < 4.78 is 8.17. The SMILES string of the molecule is C[C@H]1C[C@@]2(CCN1Cc1cn(CCCO)nn1)OCCc1ccc(Cl)cc12. The van der Waals surface area contributed by atoms with Crippen molar-refractivity contribution in [1.82, 2.24) is 19.9 Å². The van der Waals surface area contributed by atoms with E-state index in [4.69, 9.17) is 21.4 Å². The highest BCUT2D eigenvalue weighted by Crippen LogP contribution is 2.44. The molecule has 1 spiro atoms. The maximum absolute atomic E-state index is 8.95. The number of ether oxygens (including phenoxy) is 1. The highest BCUT2D eigenvalue weighted by Gasteiger charge is 2.43. The number of rotatable bonds is 5. The topological polar surface area (TPSA) is 63.4 Å². The molecule has 1 fully saturated rings. The van der Waals surface area contributed by atoms with Crippen LogP contribution in [0.5, 0.6) is 0 Å².